The predicted octanol–water partition coefficient (Wildman–Crippen LogP) is 1.00. The molecule has 3 N–H and O–H groups in total. The van der Waals surface area contributed by atoms with Crippen LogP contribution in [0.2, 0.25) is 0 Å². The van der Waals surface area contributed by atoms with Gasteiger partial charge in [0.2, 0.25) is 11.8 Å². The van der Waals surface area contributed by atoms with Gasteiger partial charge in [-0.05, 0) is 25.4 Å². The molecule has 1 aromatic rings. The van der Waals surface area contributed by atoms with Crippen LogP contribution in [0.5, 0.6) is 0 Å². The number of amides is 1. The van der Waals surface area contributed by atoms with Crippen LogP contribution in [0.25, 0.3) is 0 Å². The fourth-order valence-electron chi connectivity index (χ4n) is 1.01. The van der Waals surface area contributed by atoms with Crippen molar-refractivity contribution >= 4 is 23.6 Å². The molecule has 1 rings (SSSR count). The van der Waals surface area contributed by atoms with Crippen LogP contribution in [0.3, 0.4) is 0 Å². The lowest BCUT2D eigenvalue weighted by molar-refractivity contribution is -0.117. The van der Waals surface area contributed by atoms with E-state index in [1.807, 2.05) is 6.26 Å². The lowest BCUT2D eigenvalue weighted by Gasteiger charge is -2.08. The van der Waals surface area contributed by atoms with Crippen molar-refractivity contribution in [3.05, 3.63) is 11.8 Å². The number of carbonyl (C=O) groups excluding carboxylic acids is 1. The van der Waals surface area contributed by atoms with E-state index in [4.69, 9.17) is 10.3 Å². The first-order valence-electron chi connectivity index (χ1n) is 4.62. The molecule has 1 heterocycles. The van der Waals surface area contributed by atoms with E-state index in [9.17, 15) is 4.79 Å². The Labute approximate surface area is 92.8 Å². The molecule has 0 aliphatic carbocycles. The summed E-state index contributed by atoms with van der Waals surface area (Å²) < 4.78 is 4.85. The van der Waals surface area contributed by atoms with Crippen molar-refractivity contribution in [3.63, 3.8) is 0 Å². The van der Waals surface area contributed by atoms with Gasteiger partial charge in [0, 0.05) is 6.07 Å². The van der Waals surface area contributed by atoms with Crippen molar-refractivity contribution in [1.29, 1.82) is 0 Å². The highest BCUT2D eigenvalue weighted by Crippen LogP contribution is 2.09. The number of anilines is 1. The van der Waals surface area contributed by atoms with Crippen LogP contribution in [0, 0.1) is 6.92 Å². The van der Waals surface area contributed by atoms with Gasteiger partial charge in [-0.25, -0.2) is 0 Å². The first-order chi connectivity index (χ1) is 7.13. The Kier molecular flexibility index (Phi) is 4.64. The lowest BCUT2D eigenvalue weighted by Crippen LogP contribution is -2.35. The molecule has 0 saturated heterocycles. The Hall–Kier alpha value is -1.01. The summed E-state index contributed by atoms with van der Waals surface area (Å²) in [6, 6.07) is 1.15. The van der Waals surface area contributed by atoms with Crippen molar-refractivity contribution in [2.75, 3.05) is 17.3 Å². The second-order valence-electron chi connectivity index (χ2n) is 3.21. The van der Waals surface area contributed by atoms with Gasteiger partial charge in [-0.3, -0.25) is 10.1 Å². The van der Waals surface area contributed by atoms with Crippen LogP contribution in [0.4, 0.5) is 5.88 Å². The standard InChI is InChI=1S/C9H15N3O2S/c1-6-5-8(14-12-6)11-9(13)7(10)3-4-15-2/h5,7H,3-4,10H2,1-2H3,(H,11,13)/t7-/m0/s1. The number of hydrogen-bond donors (Lipinski definition) is 2. The molecule has 0 spiro atoms. The molecule has 1 atom stereocenters. The summed E-state index contributed by atoms with van der Waals surface area (Å²) in [6.45, 7) is 1.78. The predicted molar refractivity (Wildman–Crippen MR) is 60.8 cm³/mol. The van der Waals surface area contributed by atoms with Crippen LogP contribution in [0.15, 0.2) is 10.6 Å². The fraction of sp³-hybridized carbons (Fsp3) is 0.556. The molecule has 5 nitrogen and oxygen atoms in total. The van der Waals surface area contributed by atoms with Crippen molar-refractivity contribution in [3.8, 4) is 0 Å². The highest BCUT2D eigenvalue weighted by atomic mass is 32.2. The van der Waals surface area contributed by atoms with Crippen LogP contribution in [-0.4, -0.2) is 29.1 Å². The Morgan fingerprint density at radius 2 is 2.53 bits per heavy atom. The van der Waals surface area contributed by atoms with E-state index in [-0.39, 0.29) is 5.91 Å². The quantitative estimate of drug-likeness (QED) is 0.787. The van der Waals surface area contributed by atoms with Gasteiger partial charge in [0.1, 0.15) is 0 Å². The third-order valence-electron chi connectivity index (χ3n) is 1.84. The second kappa shape index (κ2) is 5.77. The molecule has 0 unspecified atom stereocenters. The molecule has 0 saturated carbocycles. The molecular weight excluding hydrogens is 214 g/mol. The van der Waals surface area contributed by atoms with Gasteiger partial charge in [0.05, 0.1) is 11.7 Å². The largest absolute Gasteiger partial charge is 0.338 e. The van der Waals surface area contributed by atoms with E-state index in [0.29, 0.717) is 12.3 Å². The van der Waals surface area contributed by atoms with Gasteiger partial charge in [0.15, 0.2) is 0 Å². The number of nitrogens with one attached hydrogen (secondary N) is 1. The summed E-state index contributed by atoms with van der Waals surface area (Å²) in [5, 5.41) is 6.23. The number of hydrogen-bond acceptors (Lipinski definition) is 5. The molecule has 0 radical (unpaired) electrons. The van der Waals surface area contributed by atoms with Crippen molar-refractivity contribution in [1.82, 2.24) is 5.16 Å². The van der Waals surface area contributed by atoms with E-state index in [1.54, 1.807) is 24.8 Å². The van der Waals surface area contributed by atoms with Crippen LogP contribution < -0.4 is 11.1 Å². The number of nitrogens with zero attached hydrogens (tertiary/aromatic N) is 1. The van der Waals surface area contributed by atoms with Gasteiger partial charge in [-0.1, -0.05) is 5.16 Å². The van der Waals surface area contributed by atoms with Gasteiger partial charge >= 0.3 is 0 Å². The molecule has 0 aliphatic rings. The average molecular weight is 229 g/mol. The Bertz CT molecular complexity index is 327. The minimum atomic E-state index is -0.497. The van der Waals surface area contributed by atoms with Crippen molar-refractivity contribution < 1.29 is 9.32 Å². The van der Waals surface area contributed by atoms with Crippen LogP contribution in [-0.2, 0) is 4.79 Å². The molecule has 1 amide bonds. The summed E-state index contributed by atoms with van der Waals surface area (Å²) in [5.41, 5.74) is 6.40. The zero-order chi connectivity index (χ0) is 11.3. The molecule has 0 aromatic carbocycles. The van der Waals surface area contributed by atoms with Gasteiger partial charge < -0.3 is 10.3 Å². The van der Waals surface area contributed by atoms with Gasteiger partial charge in [0.25, 0.3) is 0 Å². The second-order valence-corrected chi connectivity index (χ2v) is 4.20. The highest BCUT2D eigenvalue weighted by molar-refractivity contribution is 7.98. The number of nitrogens with two attached hydrogens (primary N) is 1. The topological polar surface area (TPSA) is 81.2 Å². The maximum atomic E-state index is 11.5. The van der Waals surface area contributed by atoms with E-state index >= 15 is 0 Å². The smallest absolute Gasteiger partial charge is 0.243 e. The minimum absolute atomic E-state index is 0.236. The fourth-order valence-corrected chi connectivity index (χ4v) is 1.50. The SMILES string of the molecule is CSCC[C@H](N)C(=O)Nc1cc(C)no1. The van der Waals surface area contributed by atoms with E-state index in [2.05, 4.69) is 10.5 Å². The maximum absolute atomic E-state index is 11.5. The Morgan fingerprint density at radius 1 is 1.80 bits per heavy atom. The third-order valence-corrected chi connectivity index (χ3v) is 2.49. The molecule has 0 aliphatic heterocycles. The minimum Gasteiger partial charge on any atom is -0.338 e. The Morgan fingerprint density at radius 3 is 3.07 bits per heavy atom. The first kappa shape index (κ1) is 12.1. The van der Waals surface area contributed by atoms with Crippen molar-refractivity contribution in [2.45, 2.75) is 19.4 Å². The molecule has 1 aromatic heterocycles. The number of aryl methyl sites for hydroxylation is 1. The molecule has 0 fully saturated rings. The van der Waals surface area contributed by atoms with E-state index < -0.39 is 6.04 Å². The first-order valence-corrected chi connectivity index (χ1v) is 6.01. The zero-order valence-corrected chi connectivity index (χ0v) is 9.63. The summed E-state index contributed by atoms with van der Waals surface area (Å²) in [6.07, 6.45) is 2.63. The van der Waals surface area contributed by atoms with E-state index in [0.717, 1.165) is 11.4 Å². The van der Waals surface area contributed by atoms with Crippen LogP contribution in [0.1, 0.15) is 12.1 Å². The number of thioether (sulfide) groups is 1. The number of rotatable bonds is 5. The monoisotopic (exact) mass is 229 g/mol. The molecule has 6 heteroatoms. The van der Waals surface area contributed by atoms with Gasteiger partial charge in [-0.15, -0.1) is 0 Å². The average Bonchev–Trinajstić information content (AvgIpc) is 2.60. The molecule has 84 valence electrons. The summed E-state index contributed by atoms with van der Waals surface area (Å²) in [4.78, 5) is 11.5. The summed E-state index contributed by atoms with van der Waals surface area (Å²) in [5.74, 6) is 0.974. The lowest BCUT2D eigenvalue weighted by atomic mass is 10.2. The molecule has 15 heavy (non-hydrogen) atoms. The molecule has 0 bridgehead atoms. The van der Waals surface area contributed by atoms with E-state index in [1.165, 1.54) is 0 Å². The Balaban J connectivity index is 2.41. The number of carbonyl (C=O) groups is 1. The van der Waals surface area contributed by atoms with Crippen LogP contribution >= 0.6 is 11.8 Å². The summed E-state index contributed by atoms with van der Waals surface area (Å²) in [7, 11) is 0. The third kappa shape index (κ3) is 3.93. The summed E-state index contributed by atoms with van der Waals surface area (Å²) >= 11 is 1.66. The van der Waals surface area contributed by atoms with Crippen molar-refractivity contribution in [2.24, 2.45) is 5.73 Å². The normalized spacial score (nSPS) is 12.5. The number of aromatic nitrogens is 1. The zero-order valence-electron chi connectivity index (χ0n) is 8.82. The van der Waals surface area contributed by atoms with Gasteiger partial charge in [-0.2, -0.15) is 11.8 Å². The maximum Gasteiger partial charge on any atom is 0.243 e. The molecular formula is C9H15N3O2S. The highest BCUT2D eigenvalue weighted by Gasteiger charge is 2.14.